The van der Waals surface area contributed by atoms with Gasteiger partial charge in [-0.05, 0) is 30.5 Å². The van der Waals surface area contributed by atoms with Crippen molar-refractivity contribution in [2.75, 3.05) is 37.8 Å². The van der Waals surface area contributed by atoms with Crippen molar-refractivity contribution in [1.29, 1.82) is 0 Å². The van der Waals surface area contributed by atoms with E-state index in [0.717, 1.165) is 58.0 Å². The third-order valence-corrected chi connectivity index (χ3v) is 5.07. The van der Waals surface area contributed by atoms with Crippen molar-refractivity contribution in [3.63, 3.8) is 0 Å². The molecule has 0 amide bonds. The van der Waals surface area contributed by atoms with Crippen LogP contribution < -0.4 is 15.0 Å². The fourth-order valence-electron chi connectivity index (χ4n) is 3.74. The first kappa shape index (κ1) is 16.4. The van der Waals surface area contributed by atoms with Gasteiger partial charge in [-0.2, -0.15) is 0 Å². The highest BCUT2D eigenvalue weighted by atomic mass is 16.5. The molecule has 2 aliphatic rings. The Labute approximate surface area is 149 Å². The van der Waals surface area contributed by atoms with Crippen LogP contribution in [0.5, 0.6) is 5.75 Å². The van der Waals surface area contributed by atoms with Gasteiger partial charge in [0.2, 0.25) is 0 Å². The fraction of sp³-hybridized carbons (Fsp3) is 0.429. The van der Waals surface area contributed by atoms with Gasteiger partial charge in [0.1, 0.15) is 5.75 Å². The van der Waals surface area contributed by atoms with E-state index >= 15 is 0 Å². The Hall–Kier alpha value is -2.04. The number of fused-ring (bicyclic) bond motifs is 1. The van der Waals surface area contributed by atoms with Gasteiger partial charge in [0.05, 0.1) is 19.8 Å². The molecule has 0 aromatic heterocycles. The lowest BCUT2D eigenvalue weighted by atomic mass is 10.0. The predicted octanol–water partition coefficient (Wildman–Crippen LogP) is 3.53. The van der Waals surface area contributed by atoms with E-state index in [-0.39, 0.29) is 0 Å². The molecule has 25 heavy (non-hydrogen) atoms. The summed E-state index contributed by atoms with van der Waals surface area (Å²) in [7, 11) is 0. The van der Waals surface area contributed by atoms with E-state index in [9.17, 15) is 0 Å². The summed E-state index contributed by atoms with van der Waals surface area (Å²) in [5.41, 5.74) is 3.97. The molecule has 1 saturated heterocycles. The molecule has 0 unspecified atom stereocenters. The zero-order valence-corrected chi connectivity index (χ0v) is 14.6. The minimum atomic E-state index is 0.344. The van der Waals surface area contributed by atoms with Crippen LogP contribution in [-0.4, -0.2) is 32.9 Å². The van der Waals surface area contributed by atoms with Gasteiger partial charge in [0, 0.05) is 36.9 Å². The highest BCUT2D eigenvalue weighted by Crippen LogP contribution is 2.32. The summed E-state index contributed by atoms with van der Waals surface area (Å²) in [4.78, 5) is 2.44. The van der Waals surface area contributed by atoms with Crippen molar-refractivity contribution in [2.45, 2.75) is 25.4 Å². The van der Waals surface area contributed by atoms with Crippen LogP contribution in [0.1, 0.15) is 30.0 Å². The van der Waals surface area contributed by atoms with Crippen LogP contribution in [0, 0.1) is 0 Å². The van der Waals surface area contributed by atoms with Crippen molar-refractivity contribution in [1.82, 2.24) is 5.32 Å². The average molecular weight is 338 g/mol. The van der Waals surface area contributed by atoms with E-state index < -0.39 is 0 Å². The molecule has 2 heterocycles. The lowest BCUT2D eigenvalue weighted by molar-refractivity contribution is 0.122. The Morgan fingerprint density at radius 1 is 0.960 bits per heavy atom. The van der Waals surface area contributed by atoms with Crippen LogP contribution in [0.4, 0.5) is 5.69 Å². The number of para-hydroxylation sites is 2. The zero-order valence-electron chi connectivity index (χ0n) is 14.6. The number of rotatable bonds is 4. The minimum Gasteiger partial charge on any atom is -0.493 e. The topological polar surface area (TPSA) is 33.7 Å². The first-order valence-corrected chi connectivity index (χ1v) is 9.27. The second-order valence-electron chi connectivity index (χ2n) is 6.69. The third-order valence-electron chi connectivity index (χ3n) is 5.07. The number of benzene rings is 2. The Morgan fingerprint density at radius 3 is 2.68 bits per heavy atom. The summed E-state index contributed by atoms with van der Waals surface area (Å²) in [6.07, 6.45) is 2.19. The summed E-state index contributed by atoms with van der Waals surface area (Å²) in [6.45, 7) is 5.24. The number of nitrogens with zero attached hydrogens (tertiary/aromatic N) is 1. The third kappa shape index (κ3) is 3.80. The molecular formula is C21H26N2O2. The van der Waals surface area contributed by atoms with Gasteiger partial charge < -0.3 is 19.7 Å². The molecule has 4 rings (SSSR count). The molecule has 2 aliphatic heterocycles. The Balaban J connectivity index is 1.50. The van der Waals surface area contributed by atoms with E-state index in [2.05, 4.69) is 58.7 Å². The van der Waals surface area contributed by atoms with Crippen molar-refractivity contribution in [3.05, 3.63) is 59.7 Å². The second kappa shape index (κ2) is 7.89. The average Bonchev–Trinajstić information content (AvgIpc) is 2.89. The second-order valence-corrected chi connectivity index (χ2v) is 6.69. The molecule has 0 bridgehead atoms. The van der Waals surface area contributed by atoms with Crippen LogP contribution in [0.15, 0.2) is 48.5 Å². The molecule has 132 valence electrons. The van der Waals surface area contributed by atoms with Gasteiger partial charge in [-0.3, -0.25) is 0 Å². The molecule has 4 heteroatoms. The van der Waals surface area contributed by atoms with Crippen LogP contribution in [0.25, 0.3) is 0 Å². The largest absolute Gasteiger partial charge is 0.493 e. The van der Waals surface area contributed by atoms with Crippen LogP contribution >= 0.6 is 0 Å². The SMILES string of the molecule is c1ccc(N2CCOCC2)c(CN[C@H]2CCCOc3ccccc32)c1. The summed E-state index contributed by atoms with van der Waals surface area (Å²) in [5, 5.41) is 3.78. The number of nitrogens with one attached hydrogen (secondary N) is 1. The first-order chi connectivity index (χ1) is 12.4. The smallest absolute Gasteiger partial charge is 0.124 e. The molecular weight excluding hydrogens is 312 g/mol. The number of hydrogen-bond acceptors (Lipinski definition) is 4. The molecule has 0 aliphatic carbocycles. The number of morpholine rings is 1. The quantitative estimate of drug-likeness (QED) is 0.925. The summed E-state index contributed by atoms with van der Waals surface area (Å²) in [6, 6.07) is 17.5. The van der Waals surface area contributed by atoms with Gasteiger partial charge in [0.25, 0.3) is 0 Å². The molecule has 4 nitrogen and oxygen atoms in total. The Bertz CT molecular complexity index is 698. The van der Waals surface area contributed by atoms with Crippen LogP contribution in [0.2, 0.25) is 0 Å². The lowest BCUT2D eigenvalue weighted by Crippen LogP contribution is -2.37. The van der Waals surface area contributed by atoms with E-state index in [1.54, 1.807) is 0 Å². The molecule has 1 fully saturated rings. The number of anilines is 1. The normalized spacial score (nSPS) is 20.5. The van der Waals surface area contributed by atoms with Crippen molar-refractivity contribution in [3.8, 4) is 5.75 Å². The molecule has 1 atom stereocenters. The van der Waals surface area contributed by atoms with Gasteiger partial charge in [-0.15, -0.1) is 0 Å². The molecule has 0 saturated carbocycles. The molecule has 0 spiro atoms. The molecule has 0 radical (unpaired) electrons. The highest BCUT2D eigenvalue weighted by molar-refractivity contribution is 5.54. The van der Waals surface area contributed by atoms with Crippen LogP contribution in [0.3, 0.4) is 0 Å². The zero-order chi connectivity index (χ0) is 16.9. The lowest BCUT2D eigenvalue weighted by Gasteiger charge is -2.31. The maximum Gasteiger partial charge on any atom is 0.124 e. The fourth-order valence-corrected chi connectivity index (χ4v) is 3.74. The van der Waals surface area contributed by atoms with Gasteiger partial charge >= 0.3 is 0 Å². The van der Waals surface area contributed by atoms with Gasteiger partial charge in [0.15, 0.2) is 0 Å². The van der Waals surface area contributed by atoms with Gasteiger partial charge in [-0.1, -0.05) is 36.4 Å². The summed E-state index contributed by atoms with van der Waals surface area (Å²) >= 11 is 0. The van der Waals surface area contributed by atoms with E-state index in [1.165, 1.54) is 16.8 Å². The molecule has 2 aromatic rings. The summed E-state index contributed by atoms with van der Waals surface area (Å²) < 4.78 is 11.4. The standard InChI is InChI=1S/C21H26N2O2/c1-3-9-20(23-11-14-24-15-12-23)17(6-1)16-22-19-8-5-13-25-21-10-4-2-7-18(19)21/h1-4,6-7,9-10,19,22H,5,8,11-16H2/t19-/m0/s1. The highest BCUT2D eigenvalue weighted by Gasteiger charge is 2.20. The predicted molar refractivity (Wildman–Crippen MR) is 100 cm³/mol. The monoisotopic (exact) mass is 338 g/mol. The Morgan fingerprint density at radius 2 is 1.76 bits per heavy atom. The van der Waals surface area contributed by atoms with Gasteiger partial charge in [-0.25, -0.2) is 0 Å². The maximum absolute atomic E-state index is 5.89. The number of hydrogen-bond donors (Lipinski definition) is 1. The van der Waals surface area contributed by atoms with E-state index in [4.69, 9.17) is 9.47 Å². The first-order valence-electron chi connectivity index (χ1n) is 9.27. The molecule has 2 aromatic carbocycles. The van der Waals surface area contributed by atoms with E-state index in [1.807, 2.05) is 0 Å². The van der Waals surface area contributed by atoms with E-state index in [0.29, 0.717) is 6.04 Å². The molecule has 1 N–H and O–H groups in total. The maximum atomic E-state index is 5.89. The van der Waals surface area contributed by atoms with Crippen molar-refractivity contribution >= 4 is 5.69 Å². The van der Waals surface area contributed by atoms with Crippen LogP contribution in [-0.2, 0) is 11.3 Å². The number of ether oxygens (including phenoxy) is 2. The Kier molecular flexibility index (Phi) is 5.19. The van der Waals surface area contributed by atoms with Crippen molar-refractivity contribution < 1.29 is 9.47 Å². The summed E-state index contributed by atoms with van der Waals surface area (Å²) in [5.74, 6) is 1.03. The van der Waals surface area contributed by atoms with Crippen molar-refractivity contribution in [2.24, 2.45) is 0 Å². The minimum absolute atomic E-state index is 0.344.